The van der Waals surface area contributed by atoms with Crippen molar-refractivity contribution < 1.29 is 5.11 Å². The van der Waals surface area contributed by atoms with Gasteiger partial charge >= 0.3 is 0 Å². The predicted octanol–water partition coefficient (Wildman–Crippen LogP) is 2.99. The third kappa shape index (κ3) is 2.90. The number of nitrogens with zero attached hydrogens (tertiary/aromatic N) is 3. The van der Waals surface area contributed by atoms with Gasteiger partial charge in [-0.1, -0.05) is 12.1 Å². The molecule has 0 bridgehead atoms. The Hall–Kier alpha value is -2.82. The van der Waals surface area contributed by atoms with E-state index in [1.54, 1.807) is 10.8 Å². The molecule has 23 heavy (non-hydrogen) atoms. The van der Waals surface area contributed by atoms with Crippen LogP contribution in [0.2, 0.25) is 0 Å². The average molecular weight is 309 g/mol. The van der Waals surface area contributed by atoms with Crippen molar-refractivity contribution in [3.05, 3.63) is 64.2 Å². The lowest BCUT2D eigenvalue weighted by molar-refractivity contribution is 0.424. The molecule has 3 rings (SSSR count). The van der Waals surface area contributed by atoms with Crippen LogP contribution in [0.3, 0.4) is 0 Å². The second-order valence-corrected chi connectivity index (χ2v) is 5.59. The van der Waals surface area contributed by atoms with Crippen LogP contribution in [-0.2, 0) is 0 Å². The number of allylic oxidation sites excluding steroid dienone is 2. The van der Waals surface area contributed by atoms with Crippen LogP contribution in [-0.4, -0.2) is 27.9 Å². The topological polar surface area (TPSA) is 57.8 Å². The smallest absolute Gasteiger partial charge is 0.223 e. The second-order valence-electron chi connectivity index (χ2n) is 5.59. The van der Waals surface area contributed by atoms with E-state index in [4.69, 9.17) is 0 Å². The monoisotopic (exact) mass is 309 g/mol. The summed E-state index contributed by atoms with van der Waals surface area (Å²) in [5.74, 6) is -0.259. The normalized spacial score (nSPS) is 16.5. The number of pyridine rings is 1. The van der Waals surface area contributed by atoms with Crippen molar-refractivity contribution in [2.45, 2.75) is 19.8 Å². The largest absolute Gasteiger partial charge is 0.503 e. The molecule has 1 aromatic heterocycles. The van der Waals surface area contributed by atoms with Crippen molar-refractivity contribution in [2.24, 2.45) is 5.10 Å². The van der Waals surface area contributed by atoms with Crippen LogP contribution >= 0.6 is 0 Å². The Morgan fingerprint density at radius 1 is 1.35 bits per heavy atom. The van der Waals surface area contributed by atoms with Gasteiger partial charge in [-0.25, -0.2) is 0 Å². The minimum absolute atomic E-state index is 0.259. The third-order valence-corrected chi connectivity index (χ3v) is 4.18. The summed E-state index contributed by atoms with van der Waals surface area (Å²) in [5, 5.41) is 15.6. The summed E-state index contributed by atoms with van der Waals surface area (Å²) in [6.45, 7) is 6.62. The van der Waals surface area contributed by atoms with Crippen molar-refractivity contribution >= 4 is 12.3 Å². The van der Waals surface area contributed by atoms with Crippen molar-refractivity contribution in [2.75, 3.05) is 6.54 Å². The number of benzene rings is 1. The van der Waals surface area contributed by atoms with Gasteiger partial charge in [0.1, 0.15) is 0 Å². The third-order valence-electron chi connectivity index (χ3n) is 4.18. The molecule has 1 saturated heterocycles. The maximum Gasteiger partial charge on any atom is 0.223 e. The lowest BCUT2D eigenvalue weighted by atomic mass is 10.0. The van der Waals surface area contributed by atoms with Gasteiger partial charge in [0.25, 0.3) is 0 Å². The number of aromatic hydroxyl groups is 1. The fourth-order valence-electron chi connectivity index (χ4n) is 2.90. The van der Waals surface area contributed by atoms with E-state index in [2.05, 4.69) is 18.7 Å². The van der Waals surface area contributed by atoms with E-state index in [1.165, 1.54) is 23.5 Å². The number of hydrazone groups is 1. The molecule has 1 aliphatic heterocycles. The van der Waals surface area contributed by atoms with E-state index in [-0.39, 0.29) is 11.2 Å². The highest BCUT2D eigenvalue weighted by Gasteiger charge is 2.18. The van der Waals surface area contributed by atoms with E-state index >= 15 is 0 Å². The van der Waals surface area contributed by atoms with E-state index < -0.39 is 0 Å². The van der Waals surface area contributed by atoms with E-state index in [0.29, 0.717) is 0 Å². The quantitative estimate of drug-likeness (QED) is 0.887. The number of rotatable bonds is 3. The molecule has 0 amide bonds. The first-order valence-electron chi connectivity index (χ1n) is 7.56. The first-order valence-corrected chi connectivity index (χ1v) is 7.56. The molecular formula is C18H19N3O2. The first-order chi connectivity index (χ1) is 11.1. The van der Waals surface area contributed by atoms with Gasteiger partial charge in [-0.3, -0.25) is 9.80 Å². The molecule has 1 aromatic carbocycles. The summed E-state index contributed by atoms with van der Waals surface area (Å²) in [6, 6.07) is 9.33. The van der Waals surface area contributed by atoms with Gasteiger partial charge < -0.3 is 9.67 Å². The highest BCUT2D eigenvalue weighted by Crippen LogP contribution is 2.30. The van der Waals surface area contributed by atoms with Crippen LogP contribution in [0.15, 0.2) is 58.3 Å². The highest BCUT2D eigenvalue weighted by atomic mass is 16.3. The van der Waals surface area contributed by atoms with Gasteiger partial charge in [-0.2, -0.15) is 5.10 Å². The Morgan fingerprint density at radius 3 is 2.91 bits per heavy atom. The van der Waals surface area contributed by atoms with Crippen molar-refractivity contribution in [3.8, 4) is 11.4 Å². The Labute approximate surface area is 134 Å². The minimum atomic E-state index is -0.380. The zero-order chi connectivity index (χ0) is 16.4. The van der Waals surface area contributed by atoms with Crippen molar-refractivity contribution in [3.63, 3.8) is 0 Å². The molecule has 1 N–H and O–H groups in total. The fraction of sp³-hybridized carbons (Fsp3) is 0.222. The number of hydrogen-bond acceptors (Lipinski definition) is 4. The summed E-state index contributed by atoms with van der Waals surface area (Å²) in [4.78, 5) is 11.3. The summed E-state index contributed by atoms with van der Waals surface area (Å²) in [7, 11) is 0. The SMILES string of the molecule is C=NN1CCCC1=C(C)c1cccc(-n2ccc(=O)c(O)c2)c1. The molecule has 5 heteroatoms. The summed E-state index contributed by atoms with van der Waals surface area (Å²) in [6.07, 6.45) is 5.15. The molecule has 1 aliphatic rings. The molecule has 2 heterocycles. The van der Waals surface area contributed by atoms with Crippen LogP contribution in [0.1, 0.15) is 25.3 Å². The molecule has 0 spiro atoms. The van der Waals surface area contributed by atoms with E-state index in [0.717, 1.165) is 30.6 Å². The van der Waals surface area contributed by atoms with Crippen molar-refractivity contribution in [1.29, 1.82) is 0 Å². The van der Waals surface area contributed by atoms with Gasteiger partial charge in [0, 0.05) is 36.9 Å². The molecule has 2 aromatic rings. The lowest BCUT2D eigenvalue weighted by Crippen LogP contribution is -2.10. The Bertz CT molecular complexity index is 836. The standard InChI is InChI=1S/C18H19N3O2/c1-13(16-7-4-9-21(16)19-2)14-5-3-6-15(11-14)20-10-8-17(22)18(23)12-20/h3,5-6,8,10-12,23H,2,4,7,9H2,1H3. The summed E-state index contributed by atoms with van der Waals surface area (Å²) >= 11 is 0. The Balaban J connectivity index is 2.03. The molecule has 0 saturated carbocycles. The summed E-state index contributed by atoms with van der Waals surface area (Å²) in [5.41, 5.74) is 3.95. The van der Waals surface area contributed by atoms with Gasteiger partial charge in [-0.15, -0.1) is 0 Å². The molecule has 0 unspecified atom stereocenters. The fourth-order valence-corrected chi connectivity index (χ4v) is 2.90. The lowest BCUT2D eigenvalue weighted by Gasteiger charge is -2.17. The molecule has 0 aliphatic carbocycles. The molecule has 1 fully saturated rings. The zero-order valence-corrected chi connectivity index (χ0v) is 13.1. The van der Waals surface area contributed by atoms with E-state index in [9.17, 15) is 9.90 Å². The number of hydrogen-bond donors (Lipinski definition) is 1. The molecule has 118 valence electrons. The van der Waals surface area contributed by atoms with Crippen molar-refractivity contribution in [1.82, 2.24) is 9.58 Å². The van der Waals surface area contributed by atoms with Gasteiger partial charge in [0.05, 0.1) is 6.20 Å². The Morgan fingerprint density at radius 2 is 2.17 bits per heavy atom. The minimum Gasteiger partial charge on any atom is -0.503 e. The van der Waals surface area contributed by atoms with Crippen LogP contribution in [0.25, 0.3) is 11.3 Å². The maximum atomic E-state index is 11.3. The molecule has 0 radical (unpaired) electrons. The number of aromatic nitrogens is 1. The second kappa shape index (κ2) is 6.12. The van der Waals surface area contributed by atoms with Crippen LogP contribution < -0.4 is 5.43 Å². The van der Waals surface area contributed by atoms with Crippen LogP contribution in [0.5, 0.6) is 5.75 Å². The highest BCUT2D eigenvalue weighted by molar-refractivity contribution is 5.68. The van der Waals surface area contributed by atoms with Gasteiger partial charge in [0.15, 0.2) is 5.75 Å². The van der Waals surface area contributed by atoms with Gasteiger partial charge in [0.2, 0.25) is 5.43 Å². The van der Waals surface area contributed by atoms with Crippen LogP contribution in [0, 0.1) is 0 Å². The maximum absolute atomic E-state index is 11.3. The molecule has 0 atom stereocenters. The average Bonchev–Trinajstić information content (AvgIpc) is 3.05. The van der Waals surface area contributed by atoms with Crippen LogP contribution in [0.4, 0.5) is 0 Å². The van der Waals surface area contributed by atoms with Gasteiger partial charge in [-0.05, 0) is 43.0 Å². The molecule has 5 nitrogen and oxygen atoms in total. The zero-order valence-electron chi connectivity index (χ0n) is 13.1. The Kier molecular flexibility index (Phi) is 4.02. The van der Waals surface area contributed by atoms with E-state index in [1.807, 2.05) is 29.3 Å². The predicted molar refractivity (Wildman–Crippen MR) is 91.8 cm³/mol. The summed E-state index contributed by atoms with van der Waals surface area (Å²) < 4.78 is 1.73. The first kappa shape index (κ1) is 15.1. The molecular weight excluding hydrogens is 290 g/mol.